The van der Waals surface area contributed by atoms with E-state index in [9.17, 15) is 4.79 Å². The summed E-state index contributed by atoms with van der Waals surface area (Å²) in [5.74, 6) is 1.14. The van der Waals surface area contributed by atoms with Crippen LogP contribution in [0.5, 0.6) is 5.75 Å². The molecule has 1 saturated heterocycles. The van der Waals surface area contributed by atoms with Crippen molar-refractivity contribution in [2.45, 2.75) is 25.2 Å². The zero-order chi connectivity index (χ0) is 18.8. The molecule has 3 heterocycles. The number of likely N-dealkylation sites (tertiary alicyclic amines) is 1. The largest absolute Gasteiger partial charge is 0.497 e. The average molecular weight is 365 g/mol. The lowest BCUT2D eigenvalue weighted by atomic mass is 9.94. The quantitative estimate of drug-likeness (QED) is 0.709. The van der Waals surface area contributed by atoms with Crippen LogP contribution in [0.15, 0.2) is 36.7 Å². The number of fused-ring (bicyclic) bond motifs is 1. The van der Waals surface area contributed by atoms with Gasteiger partial charge in [-0.1, -0.05) is 12.1 Å². The number of aromatic nitrogens is 4. The van der Waals surface area contributed by atoms with Gasteiger partial charge in [0.15, 0.2) is 5.65 Å². The minimum absolute atomic E-state index is 0.149. The number of hydrogen-bond acceptors (Lipinski definition) is 5. The van der Waals surface area contributed by atoms with E-state index in [1.807, 2.05) is 36.2 Å². The molecule has 0 aliphatic carbocycles. The van der Waals surface area contributed by atoms with Crippen LogP contribution in [0.4, 0.5) is 0 Å². The Bertz CT molecular complexity index is 951. The molecule has 1 aliphatic rings. The molecule has 1 amide bonds. The molecule has 0 bridgehead atoms. The Kier molecular flexibility index (Phi) is 4.75. The topological polar surface area (TPSA) is 73.1 Å². The monoisotopic (exact) mass is 365 g/mol. The number of piperidine rings is 1. The van der Waals surface area contributed by atoms with E-state index in [0.717, 1.165) is 47.6 Å². The van der Waals surface area contributed by atoms with Gasteiger partial charge in [-0.15, -0.1) is 0 Å². The summed E-state index contributed by atoms with van der Waals surface area (Å²) in [6, 6.07) is 7.67. The fourth-order valence-corrected chi connectivity index (χ4v) is 3.74. The lowest BCUT2D eigenvalue weighted by Gasteiger charge is -2.32. The molecule has 1 aliphatic heterocycles. The molecule has 140 valence electrons. The number of ether oxygens (including phenoxy) is 1. The number of carbonyl (C=O) groups is 1. The summed E-state index contributed by atoms with van der Waals surface area (Å²) in [7, 11) is 3.52. The maximum atomic E-state index is 12.8. The van der Waals surface area contributed by atoms with Gasteiger partial charge in [-0.3, -0.25) is 4.79 Å². The van der Waals surface area contributed by atoms with Crippen LogP contribution in [-0.2, 0) is 18.3 Å². The molecule has 7 nitrogen and oxygen atoms in total. The van der Waals surface area contributed by atoms with Gasteiger partial charge >= 0.3 is 0 Å². The van der Waals surface area contributed by atoms with E-state index < -0.39 is 0 Å². The van der Waals surface area contributed by atoms with Crippen molar-refractivity contribution in [3.63, 3.8) is 0 Å². The second-order valence-electron chi connectivity index (χ2n) is 6.94. The Morgan fingerprint density at radius 2 is 2.00 bits per heavy atom. The van der Waals surface area contributed by atoms with E-state index in [1.54, 1.807) is 24.2 Å². The van der Waals surface area contributed by atoms with Gasteiger partial charge in [0.05, 0.1) is 19.2 Å². The van der Waals surface area contributed by atoms with E-state index in [2.05, 4.69) is 15.1 Å². The average Bonchev–Trinajstić information content (AvgIpc) is 3.06. The Balaban J connectivity index is 1.49. The summed E-state index contributed by atoms with van der Waals surface area (Å²) in [6.07, 6.45) is 5.76. The number of aryl methyl sites for hydroxylation is 1. The highest BCUT2D eigenvalue weighted by Crippen LogP contribution is 2.30. The minimum atomic E-state index is 0.149. The van der Waals surface area contributed by atoms with Crippen molar-refractivity contribution >= 4 is 17.1 Å². The Labute approximate surface area is 158 Å². The van der Waals surface area contributed by atoms with Crippen LogP contribution in [0.2, 0.25) is 0 Å². The first-order valence-electron chi connectivity index (χ1n) is 9.20. The number of benzene rings is 1. The molecule has 7 heteroatoms. The normalized spacial score (nSPS) is 17.3. The molecule has 0 saturated carbocycles. The number of nitrogens with zero attached hydrogens (tertiary/aromatic N) is 5. The van der Waals surface area contributed by atoms with Crippen LogP contribution in [0.1, 0.15) is 30.0 Å². The number of hydrogen-bond donors (Lipinski definition) is 0. The van der Waals surface area contributed by atoms with Crippen molar-refractivity contribution in [3.05, 3.63) is 47.9 Å². The molecule has 0 radical (unpaired) electrons. The molecular formula is C20H23N5O2. The SMILES string of the molecule is COc1ccc(CC(=O)N2CCC[C@@H](c3nn(C)c4nccnc34)C2)cc1. The summed E-state index contributed by atoms with van der Waals surface area (Å²) in [5, 5.41) is 4.65. The van der Waals surface area contributed by atoms with Gasteiger partial charge < -0.3 is 9.64 Å². The summed E-state index contributed by atoms with van der Waals surface area (Å²) in [4.78, 5) is 23.6. The Morgan fingerprint density at radius 3 is 2.78 bits per heavy atom. The molecule has 27 heavy (non-hydrogen) atoms. The number of methoxy groups -OCH3 is 1. The summed E-state index contributed by atoms with van der Waals surface area (Å²) in [6.45, 7) is 1.47. The maximum absolute atomic E-state index is 12.8. The third kappa shape index (κ3) is 3.49. The van der Waals surface area contributed by atoms with Gasteiger partial charge in [-0.2, -0.15) is 5.10 Å². The van der Waals surface area contributed by atoms with E-state index in [1.165, 1.54) is 0 Å². The lowest BCUT2D eigenvalue weighted by molar-refractivity contribution is -0.131. The number of carbonyl (C=O) groups excluding carboxylic acids is 1. The van der Waals surface area contributed by atoms with Crippen molar-refractivity contribution < 1.29 is 9.53 Å². The standard InChI is InChI=1S/C20H23N5O2/c1-24-20-19(21-9-10-22-20)18(23-24)15-4-3-11-25(13-15)17(26)12-14-5-7-16(27-2)8-6-14/h5-10,15H,3-4,11-13H2,1-2H3/t15-/m1/s1. The molecule has 2 aromatic heterocycles. The minimum Gasteiger partial charge on any atom is -0.497 e. The van der Waals surface area contributed by atoms with E-state index in [4.69, 9.17) is 4.74 Å². The van der Waals surface area contributed by atoms with Gasteiger partial charge in [0.25, 0.3) is 0 Å². The van der Waals surface area contributed by atoms with Crippen LogP contribution in [0.25, 0.3) is 11.2 Å². The van der Waals surface area contributed by atoms with Crippen LogP contribution in [0, 0.1) is 0 Å². The van der Waals surface area contributed by atoms with Crippen LogP contribution in [0.3, 0.4) is 0 Å². The predicted molar refractivity (Wildman–Crippen MR) is 102 cm³/mol. The fraction of sp³-hybridized carbons (Fsp3) is 0.400. The van der Waals surface area contributed by atoms with Gasteiger partial charge in [-0.05, 0) is 30.5 Å². The van der Waals surface area contributed by atoms with Gasteiger partial charge in [0, 0.05) is 38.4 Å². The molecule has 1 fully saturated rings. The maximum Gasteiger partial charge on any atom is 0.227 e. The smallest absolute Gasteiger partial charge is 0.227 e. The van der Waals surface area contributed by atoms with Gasteiger partial charge in [-0.25, -0.2) is 14.6 Å². The van der Waals surface area contributed by atoms with E-state index in [0.29, 0.717) is 13.0 Å². The predicted octanol–water partition coefficient (Wildman–Crippen LogP) is 2.32. The van der Waals surface area contributed by atoms with Crippen LogP contribution < -0.4 is 4.74 Å². The molecule has 1 aromatic carbocycles. The molecule has 1 atom stereocenters. The van der Waals surface area contributed by atoms with Crippen LogP contribution in [-0.4, -0.2) is 50.8 Å². The van der Waals surface area contributed by atoms with E-state index in [-0.39, 0.29) is 11.8 Å². The zero-order valence-electron chi connectivity index (χ0n) is 15.6. The third-order valence-electron chi connectivity index (χ3n) is 5.16. The summed E-state index contributed by atoms with van der Waals surface area (Å²) >= 11 is 0. The second-order valence-corrected chi connectivity index (χ2v) is 6.94. The first-order valence-corrected chi connectivity index (χ1v) is 9.20. The highest BCUT2D eigenvalue weighted by molar-refractivity contribution is 5.79. The lowest BCUT2D eigenvalue weighted by Crippen LogP contribution is -2.40. The van der Waals surface area contributed by atoms with Gasteiger partial charge in [0.1, 0.15) is 11.3 Å². The first-order chi connectivity index (χ1) is 13.2. The molecular weight excluding hydrogens is 342 g/mol. The van der Waals surface area contributed by atoms with Crippen molar-refractivity contribution in [2.24, 2.45) is 7.05 Å². The van der Waals surface area contributed by atoms with E-state index >= 15 is 0 Å². The zero-order valence-corrected chi connectivity index (χ0v) is 15.6. The highest BCUT2D eigenvalue weighted by Gasteiger charge is 2.28. The molecule has 0 N–H and O–H groups in total. The molecule has 0 spiro atoms. The van der Waals surface area contributed by atoms with Crippen molar-refractivity contribution in [3.8, 4) is 5.75 Å². The number of rotatable bonds is 4. The molecule has 4 rings (SSSR count). The molecule has 3 aromatic rings. The Morgan fingerprint density at radius 1 is 1.22 bits per heavy atom. The van der Waals surface area contributed by atoms with Crippen molar-refractivity contribution in [1.82, 2.24) is 24.6 Å². The third-order valence-corrected chi connectivity index (χ3v) is 5.16. The second kappa shape index (κ2) is 7.34. The first kappa shape index (κ1) is 17.5. The van der Waals surface area contributed by atoms with Gasteiger partial charge in [0.2, 0.25) is 5.91 Å². The fourth-order valence-electron chi connectivity index (χ4n) is 3.74. The van der Waals surface area contributed by atoms with Crippen LogP contribution >= 0.6 is 0 Å². The molecule has 0 unspecified atom stereocenters. The Hall–Kier alpha value is -2.96. The van der Waals surface area contributed by atoms with Crippen molar-refractivity contribution in [2.75, 3.05) is 20.2 Å². The van der Waals surface area contributed by atoms with Crippen molar-refractivity contribution in [1.29, 1.82) is 0 Å². The highest BCUT2D eigenvalue weighted by atomic mass is 16.5. The summed E-state index contributed by atoms with van der Waals surface area (Å²) in [5.41, 5.74) is 3.57. The summed E-state index contributed by atoms with van der Waals surface area (Å²) < 4.78 is 6.95. The number of amides is 1.